The molecule has 0 saturated carbocycles. The molecule has 1 aliphatic rings. The van der Waals surface area contributed by atoms with Gasteiger partial charge in [-0.3, -0.25) is 4.79 Å². The van der Waals surface area contributed by atoms with Crippen molar-refractivity contribution >= 4 is 35.6 Å². The van der Waals surface area contributed by atoms with Gasteiger partial charge in [0.25, 0.3) is 5.91 Å². The number of rotatable bonds is 5. The van der Waals surface area contributed by atoms with Gasteiger partial charge in [0.2, 0.25) is 0 Å². The number of imide groups is 1. The van der Waals surface area contributed by atoms with Gasteiger partial charge in [-0.1, -0.05) is 17.3 Å². The summed E-state index contributed by atoms with van der Waals surface area (Å²) in [5.41, 5.74) is 1.19. The van der Waals surface area contributed by atoms with E-state index in [2.05, 4.69) is 10.5 Å². The van der Waals surface area contributed by atoms with Crippen molar-refractivity contribution in [2.75, 3.05) is 16.9 Å². The van der Waals surface area contributed by atoms with Gasteiger partial charge in [0.05, 0.1) is 11.9 Å². The summed E-state index contributed by atoms with van der Waals surface area (Å²) >= 11 is 1.64. The standard InChI is InChI=1S/C13H15N3O3S/c1-20-7-6-11-12(17)16(13(18)15-11)10-4-2-9(3-5-10)8-14-19/h2-5,8,11,19H,6-7H2,1H3,(H,15,18). The average Bonchev–Trinajstić information content (AvgIpc) is 2.73. The highest BCUT2D eigenvalue weighted by atomic mass is 32.2. The quantitative estimate of drug-likeness (QED) is 0.374. The maximum Gasteiger partial charge on any atom is 0.329 e. The number of anilines is 1. The van der Waals surface area contributed by atoms with Crippen LogP contribution in [-0.2, 0) is 4.79 Å². The van der Waals surface area contributed by atoms with E-state index >= 15 is 0 Å². The molecule has 2 N–H and O–H groups in total. The number of amides is 3. The Hall–Kier alpha value is -2.02. The summed E-state index contributed by atoms with van der Waals surface area (Å²) in [7, 11) is 0. The lowest BCUT2D eigenvalue weighted by Gasteiger charge is -2.13. The molecule has 1 aliphatic heterocycles. The van der Waals surface area contributed by atoms with Crippen LogP contribution >= 0.6 is 11.8 Å². The Morgan fingerprint density at radius 1 is 1.40 bits per heavy atom. The monoisotopic (exact) mass is 293 g/mol. The van der Waals surface area contributed by atoms with E-state index in [9.17, 15) is 9.59 Å². The number of hydrogen-bond acceptors (Lipinski definition) is 5. The van der Waals surface area contributed by atoms with E-state index in [4.69, 9.17) is 5.21 Å². The third-order valence-electron chi connectivity index (χ3n) is 2.99. The van der Waals surface area contributed by atoms with E-state index < -0.39 is 12.1 Å². The minimum absolute atomic E-state index is 0.229. The second-order valence-electron chi connectivity index (χ2n) is 4.29. The number of nitrogens with one attached hydrogen (secondary N) is 1. The molecule has 1 aromatic carbocycles. The van der Waals surface area contributed by atoms with Crippen molar-refractivity contribution in [1.29, 1.82) is 0 Å². The third kappa shape index (κ3) is 2.93. The van der Waals surface area contributed by atoms with Crippen molar-refractivity contribution in [1.82, 2.24) is 5.32 Å². The highest BCUT2D eigenvalue weighted by Crippen LogP contribution is 2.21. The highest BCUT2D eigenvalue weighted by molar-refractivity contribution is 7.98. The van der Waals surface area contributed by atoms with Crippen LogP contribution in [0.2, 0.25) is 0 Å². The molecular formula is C13H15N3O3S. The summed E-state index contributed by atoms with van der Waals surface area (Å²) in [6.45, 7) is 0. The summed E-state index contributed by atoms with van der Waals surface area (Å²) in [4.78, 5) is 25.2. The predicted molar refractivity (Wildman–Crippen MR) is 78.6 cm³/mol. The molecule has 1 heterocycles. The van der Waals surface area contributed by atoms with Crippen molar-refractivity contribution in [2.24, 2.45) is 5.16 Å². The zero-order valence-corrected chi connectivity index (χ0v) is 11.8. The van der Waals surface area contributed by atoms with Crippen LogP contribution < -0.4 is 10.2 Å². The molecule has 20 heavy (non-hydrogen) atoms. The number of hydrogen-bond donors (Lipinski definition) is 2. The molecule has 1 atom stereocenters. The number of carbonyl (C=O) groups excluding carboxylic acids is 2. The molecule has 1 aromatic rings. The van der Waals surface area contributed by atoms with Crippen molar-refractivity contribution in [3.63, 3.8) is 0 Å². The molecule has 106 valence electrons. The zero-order valence-electron chi connectivity index (χ0n) is 10.9. The van der Waals surface area contributed by atoms with Gasteiger partial charge in [-0.2, -0.15) is 11.8 Å². The Morgan fingerprint density at radius 3 is 2.70 bits per heavy atom. The molecule has 0 spiro atoms. The minimum atomic E-state index is -0.450. The van der Waals surface area contributed by atoms with Gasteiger partial charge in [0.1, 0.15) is 6.04 Å². The lowest BCUT2D eigenvalue weighted by Crippen LogP contribution is -2.31. The Morgan fingerprint density at radius 2 is 2.10 bits per heavy atom. The molecule has 2 rings (SSSR count). The lowest BCUT2D eigenvalue weighted by molar-refractivity contribution is -0.118. The van der Waals surface area contributed by atoms with Crippen LogP contribution in [0.4, 0.5) is 10.5 Å². The molecule has 7 heteroatoms. The fraction of sp³-hybridized carbons (Fsp3) is 0.308. The summed E-state index contributed by atoms with van der Waals surface area (Å²) in [5.74, 6) is 0.587. The number of carbonyl (C=O) groups is 2. The fourth-order valence-electron chi connectivity index (χ4n) is 1.98. The van der Waals surface area contributed by atoms with Crippen molar-refractivity contribution in [3.8, 4) is 0 Å². The van der Waals surface area contributed by atoms with Gasteiger partial charge in [0.15, 0.2) is 0 Å². The van der Waals surface area contributed by atoms with Gasteiger partial charge >= 0.3 is 6.03 Å². The Bertz CT molecular complexity index is 530. The average molecular weight is 293 g/mol. The molecule has 1 fully saturated rings. The maximum atomic E-state index is 12.2. The molecule has 0 bridgehead atoms. The van der Waals surface area contributed by atoms with Crippen molar-refractivity contribution < 1.29 is 14.8 Å². The first kappa shape index (κ1) is 14.4. The van der Waals surface area contributed by atoms with E-state index in [1.54, 1.807) is 36.0 Å². The topological polar surface area (TPSA) is 82.0 Å². The van der Waals surface area contributed by atoms with E-state index in [1.165, 1.54) is 6.21 Å². The first-order valence-electron chi connectivity index (χ1n) is 6.08. The number of oxime groups is 1. The van der Waals surface area contributed by atoms with Crippen LogP contribution in [0, 0.1) is 0 Å². The lowest BCUT2D eigenvalue weighted by atomic mass is 10.2. The SMILES string of the molecule is CSCCC1NC(=O)N(c2ccc(C=NO)cc2)C1=O. The molecular weight excluding hydrogens is 278 g/mol. The van der Waals surface area contributed by atoms with Crippen LogP contribution in [0.15, 0.2) is 29.4 Å². The molecule has 0 aromatic heterocycles. The zero-order chi connectivity index (χ0) is 14.5. The first-order valence-corrected chi connectivity index (χ1v) is 7.47. The Labute approximate surface area is 120 Å². The summed E-state index contributed by atoms with van der Waals surface area (Å²) in [6, 6.07) is 5.78. The molecule has 0 aliphatic carbocycles. The minimum Gasteiger partial charge on any atom is -0.411 e. The van der Waals surface area contributed by atoms with E-state index in [1.807, 2.05) is 6.26 Å². The molecule has 3 amide bonds. The number of thioether (sulfide) groups is 1. The molecule has 1 unspecified atom stereocenters. The van der Waals surface area contributed by atoms with Crippen LogP contribution in [-0.4, -0.2) is 41.4 Å². The number of urea groups is 1. The largest absolute Gasteiger partial charge is 0.411 e. The summed E-state index contributed by atoms with van der Waals surface area (Å²) in [5, 5.41) is 14.0. The Balaban J connectivity index is 2.15. The van der Waals surface area contributed by atoms with Gasteiger partial charge in [-0.15, -0.1) is 0 Å². The fourth-order valence-corrected chi connectivity index (χ4v) is 2.45. The summed E-state index contributed by atoms with van der Waals surface area (Å²) < 4.78 is 0. The van der Waals surface area contributed by atoms with Crippen molar-refractivity contribution in [2.45, 2.75) is 12.5 Å². The second-order valence-corrected chi connectivity index (χ2v) is 5.28. The second kappa shape index (κ2) is 6.42. The Kier molecular flexibility index (Phi) is 4.62. The van der Waals surface area contributed by atoms with Gasteiger partial charge in [0, 0.05) is 0 Å². The molecule has 1 saturated heterocycles. The summed E-state index contributed by atoms with van der Waals surface area (Å²) in [6.07, 6.45) is 3.86. The first-order chi connectivity index (χ1) is 9.67. The van der Waals surface area contributed by atoms with Crippen LogP contribution in [0.5, 0.6) is 0 Å². The number of benzene rings is 1. The van der Waals surface area contributed by atoms with Crippen LogP contribution in [0.25, 0.3) is 0 Å². The highest BCUT2D eigenvalue weighted by Gasteiger charge is 2.38. The molecule has 6 nitrogen and oxygen atoms in total. The molecule has 0 radical (unpaired) electrons. The predicted octanol–water partition coefficient (Wildman–Crippen LogP) is 1.67. The maximum absolute atomic E-state index is 12.2. The van der Waals surface area contributed by atoms with Crippen LogP contribution in [0.1, 0.15) is 12.0 Å². The van der Waals surface area contributed by atoms with E-state index in [0.717, 1.165) is 10.7 Å². The van der Waals surface area contributed by atoms with Gasteiger partial charge in [-0.25, -0.2) is 9.69 Å². The van der Waals surface area contributed by atoms with Gasteiger partial charge < -0.3 is 10.5 Å². The smallest absolute Gasteiger partial charge is 0.329 e. The normalized spacial score (nSPS) is 18.9. The van der Waals surface area contributed by atoms with E-state index in [0.29, 0.717) is 17.7 Å². The van der Waals surface area contributed by atoms with Crippen molar-refractivity contribution in [3.05, 3.63) is 29.8 Å². The third-order valence-corrected chi connectivity index (χ3v) is 3.63. The van der Waals surface area contributed by atoms with Crippen LogP contribution in [0.3, 0.4) is 0 Å². The number of nitrogens with zero attached hydrogens (tertiary/aromatic N) is 2. The van der Waals surface area contributed by atoms with Gasteiger partial charge in [-0.05, 0) is 36.1 Å². The van der Waals surface area contributed by atoms with E-state index in [-0.39, 0.29) is 5.91 Å².